The summed E-state index contributed by atoms with van der Waals surface area (Å²) < 4.78 is 5.81. The van der Waals surface area contributed by atoms with Crippen LogP contribution in [-0.4, -0.2) is 19.7 Å². The van der Waals surface area contributed by atoms with Gasteiger partial charge in [0.25, 0.3) is 0 Å². The second kappa shape index (κ2) is 9.21. The Balaban J connectivity index is 1.80. The van der Waals surface area contributed by atoms with Crippen LogP contribution in [0.3, 0.4) is 0 Å². The molecule has 2 aromatic rings. The first-order valence-corrected chi connectivity index (χ1v) is 8.13. The molecule has 118 valence electrons. The van der Waals surface area contributed by atoms with E-state index in [1.54, 1.807) is 0 Å². The lowest BCUT2D eigenvalue weighted by molar-refractivity contribution is 0.311. The van der Waals surface area contributed by atoms with Crippen LogP contribution in [0, 0.1) is 0 Å². The molecule has 0 heterocycles. The van der Waals surface area contributed by atoms with Crippen LogP contribution >= 0.6 is 11.6 Å². The third-order valence-electron chi connectivity index (χ3n) is 3.27. The second-order valence-electron chi connectivity index (χ2n) is 5.03. The molecular weight excluding hydrogens is 296 g/mol. The van der Waals surface area contributed by atoms with E-state index in [0.717, 1.165) is 54.7 Å². The molecular formula is C18H23ClN2O. The van der Waals surface area contributed by atoms with Crippen molar-refractivity contribution in [3.63, 3.8) is 0 Å². The van der Waals surface area contributed by atoms with Gasteiger partial charge >= 0.3 is 0 Å². The van der Waals surface area contributed by atoms with Crippen LogP contribution in [0.25, 0.3) is 0 Å². The largest absolute Gasteiger partial charge is 0.491 e. The summed E-state index contributed by atoms with van der Waals surface area (Å²) in [5.41, 5.74) is 1.98. The second-order valence-corrected chi connectivity index (χ2v) is 5.44. The Labute approximate surface area is 137 Å². The van der Waals surface area contributed by atoms with Crippen molar-refractivity contribution >= 4 is 23.0 Å². The SMILES string of the molecule is CCCCOc1ccccc1NCCNc1ccccc1Cl. The third kappa shape index (κ3) is 5.15. The molecule has 0 aliphatic carbocycles. The summed E-state index contributed by atoms with van der Waals surface area (Å²) in [4.78, 5) is 0. The van der Waals surface area contributed by atoms with E-state index in [-0.39, 0.29) is 0 Å². The van der Waals surface area contributed by atoms with Gasteiger partial charge in [0.05, 0.1) is 23.0 Å². The molecule has 0 saturated heterocycles. The Bertz CT molecular complexity index is 575. The Morgan fingerprint density at radius 3 is 2.27 bits per heavy atom. The maximum Gasteiger partial charge on any atom is 0.142 e. The summed E-state index contributed by atoms with van der Waals surface area (Å²) >= 11 is 6.11. The van der Waals surface area contributed by atoms with Crippen LogP contribution in [0.4, 0.5) is 11.4 Å². The predicted molar refractivity (Wildman–Crippen MR) is 95.3 cm³/mol. The average molecular weight is 319 g/mol. The zero-order valence-electron chi connectivity index (χ0n) is 12.9. The van der Waals surface area contributed by atoms with Crippen LogP contribution in [0.1, 0.15) is 19.8 Å². The van der Waals surface area contributed by atoms with Gasteiger partial charge in [-0.1, -0.05) is 49.2 Å². The van der Waals surface area contributed by atoms with Crippen LogP contribution in [0.2, 0.25) is 5.02 Å². The summed E-state index contributed by atoms with van der Waals surface area (Å²) in [6, 6.07) is 15.8. The van der Waals surface area contributed by atoms with Crippen molar-refractivity contribution < 1.29 is 4.74 Å². The topological polar surface area (TPSA) is 33.3 Å². The molecule has 0 fully saturated rings. The lowest BCUT2D eigenvalue weighted by Gasteiger charge is -2.14. The number of unbranched alkanes of at least 4 members (excludes halogenated alkanes) is 1. The molecule has 0 bridgehead atoms. The van der Waals surface area contributed by atoms with Gasteiger partial charge in [-0.2, -0.15) is 0 Å². The van der Waals surface area contributed by atoms with Gasteiger partial charge in [0, 0.05) is 13.1 Å². The minimum Gasteiger partial charge on any atom is -0.491 e. The molecule has 2 N–H and O–H groups in total. The fraction of sp³-hybridized carbons (Fsp3) is 0.333. The van der Waals surface area contributed by atoms with E-state index >= 15 is 0 Å². The minimum atomic E-state index is 0.741. The third-order valence-corrected chi connectivity index (χ3v) is 3.60. The molecule has 2 rings (SSSR count). The summed E-state index contributed by atoms with van der Waals surface area (Å²) in [7, 11) is 0. The highest BCUT2D eigenvalue weighted by molar-refractivity contribution is 6.33. The van der Waals surface area contributed by atoms with Crippen molar-refractivity contribution in [1.29, 1.82) is 0 Å². The number of halogens is 1. The molecule has 4 heteroatoms. The molecule has 0 spiro atoms. The molecule has 3 nitrogen and oxygen atoms in total. The van der Waals surface area contributed by atoms with Crippen LogP contribution in [0.5, 0.6) is 5.75 Å². The van der Waals surface area contributed by atoms with E-state index in [1.807, 2.05) is 48.5 Å². The van der Waals surface area contributed by atoms with E-state index in [9.17, 15) is 0 Å². The molecule has 0 radical (unpaired) electrons. The van der Waals surface area contributed by atoms with Crippen molar-refractivity contribution in [2.45, 2.75) is 19.8 Å². The zero-order chi connectivity index (χ0) is 15.6. The monoisotopic (exact) mass is 318 g/mol. The van der Waals surface area contributed by atoms with E-state index in [0.29, 0.717) is 0 Å². The van der Waals surface area contributed by atoms with E-state index in [2.05, 4.69) is 17.6 Å². The standard InChI is InChI=1S/C18H23ClN2O/c1-2-3-14-22-18-11-7-6-10-17(18)21-13-12-20-16-9-5-4-8-15(16)19/h4-11,20-21H,2-3,12-14H2,1H3. The Morgan fingerprint density at radius 2 is 1.55 bits per heavy atom. The number of nitrogens with one attached hydrogen (secondary N) is 2. The van der Waals surface area contributed by atoms with Gasteiger partial charge in [-0.15, -0.1) is 0 Å². The number of hydrogen-bond donors (Lipinski definition) is 2. The van der Waals surface area contributed by atoms with E-state index in [1.165, 1.54) is 0 Å². The highest BCUT2D eigenvalue weighted by Gasteiger charge is 2.02. The average Bonchev–Trinajstić information content (AvgIpc) is 2.54. The number of anilines is 2. The van der Waals surface area contributed by atoms with Crippen molar-refractivity contribution in [3.05, 3.63) is 53.6 Å². The molecule has 0 unspecified atom stereocenters. The first-order valence-electron chi connectivity index (χ1n) is 7.75. The number of ether oxygens (including phenoxy) is 1. The molecule has 0 aliphatic rings. The van der Waals surface area contributed by atoms with Gasteiger partial charge in [-0.25, -0.2) is 0 Å². The molecule has 0 aromatic heterocycles. The van der Waals surface area contributed by atoms with E-state index < -0.39 is 0 Å². The highest BCUT2D eigenvalue weighted by atomic mass is 35.5. The Morgan fingerprint density at radius 1 is 0.909 bits per heavy atom. The first-order chi connectivity index (χ1) is 10.8. The maximum atomic E-state index is 6.11. The van der Waals surface area contributed by atoms with Gasteiger partial charge < -0.3 is 15.4 Å². The van der Waals surface area contributed by atoms with Gasteiger partial charge in [-0.05, 0) is 30.7 Å². The number of hydrogen-bond acceptors (Lipinski definition) is 3. The summed E-state index contributed by atoms with van der Waals surface area (Å²) in [6.45, 7) is 4.49. The van der Waals surface area contributed by atoms with Gasteiger partial charge in [-0.3, -0.25) is 0 Å². The Kier molecular flexibility index (Phi) is 6.91. The van der Waals surface area contributed by atoms with Crippen molar-refractivity contribution in [2.24, 2.45) is 0 Å². The van der Waals surface area contributed by atoms with Crippen LogP contribution < -0.4 is 15.4 Å². The normalized spacial score (nSPS) is 10.3. The molecule has 0 aliphatic heterocycles. The van der Waals surface area contributed by atoms with Crippen LogP contribution in [0.15, 0.2) is 48.5 Å². The highest BCUT2D eigenvalue weighted by Crippen LogP contribution is 2.24. The fourth-order valence-corrected chi connectivity index (χ4v) is 2.27. The lowest BCUT2D eigenvalue weighted by atomic mass is 10.3. The number of para-hydroxylation sites is 3. The molecule has 0 atom stereocenters. The number of benzene rings is 2. The summed E-state index contributed by atoms with van der Waals surface area (Å²) in [6.07, 6.45) is 2.21. The summed E-state index contributed by atoms with van der Waals surface area (Å²) in [5.74, 6) is 0.911. The minimum absolute atomic E-state index is 0.741. The van der Waals surface area contributed by atoms with Gasteiger partial charge in [0.15, 0.2) is 0 Å². The molecule has 0 amide bonds. The summed E-state index contributed by atoms with van der Waals surface area (Å²) in [5, 5.41) is 7.46. The lowest BCUT2D eigenvalue weighted by Crippen LogP contribution is -2.14. The maximum absolute atomic E-state index is 6.11. The van der Waals surface area contributed by atoms with E-state index in [4.69, 9.17) is 16.3 Å². The smallest absolute Gasteiger partial charge is 0.142 e. The molecule has 2 aromatic carbocycles. The van der Waals surface area contributed by atoms with Crippen LogP contribution in [-0.2, 0) is 0 Å². The van der Waals surface area contributed by atoms with Crippen molar-refractivity contribution in [1.82, 2.24) is 0 Å². The predicted octanol–water partition coefficient (Wildman–Crippen LogP) is 5.04. The van der Waals surface area contributed by atoms with Crippen molar-refractivity contribution in [2.75, 3.05) is 30.3 Å². The molecule has 0 saturated carbocycles. The zero-order valence-corrected chi connectivity index (χ0v) is 13.7. The molecule has 22 heavy (non-hydrogen) atoms. The van der Waals surface area contributed by atoms with Gasteiger partial charge in [0.1, 0.15) is 5.75 Å². The van der Waals surface area contributed by atoms with Crippen molar-refractivity contribution in [3.8, 4) is 5.75 Å². The quantitative estimate of drug-likeness (QED) is 0.635. The van der Waals surface area contributed by atoms with Gasteiger partial charge in [0.2, 0.25) is 0 Å². The Hall–Kier alpha value is -1.87. The number of rotatable bonds is 9. The first kappa shape index (κ1) is 16.5. The fourth-order valence-electron chi connectivity index (χ4n) is 2.06.